The zero-order valence-electron chi connectivity index (χ0n) is 8.33. The fourth-order valence-electron chi connectivity index (χ4n) is 2.29. The molecule has 1 fully saturated rings. The second-order valence-electron chi connectivity index (χ2n) is 4.15. The van der Waals surface area contributed by atoms with Gasteiger partial charge in [0.2, 0.25) is 0 Å². The molecule has 0 saturated heterocycles. The summed E-state index contributed by atoms with van der Waals surface area (Å²) < 4.78 is 0.766. The minimum atomic E-state index is -0.498. The molecule has 0 unspecified atom stereocenters. The van der Waals surface area contributed by atoms with Crippen molar-refractivity contribution >= 4 is 15.9 Å². The van der Waals surface area contributed by atoms with Crippen LogP contribution in [0, 0.1) is 0 Å². The van der Waals surface area contributed by atoms with E-state index in [1.165, 1.54) is 6.07 Å². The minimum absolute atomic E-state index is 0.0891. The predicted molar refractivity (Wildman–Crippen MR) is 61.8 cm³/mol. The molecule has 4 heteroatoms. The van der Waals surface area contributed by atoms with E-state index in [1.54, 1.807) is 6.07 Å². The summed E-state index contributed by atoms with van der Waals surface area (Å²) in [5, 5.41) is 19.3. The molecule has 0 bridgehead atoms. The molecule has 0 heterocycles. The molecule has 1 aliphatic carbocycles. The number of hydrogen-bond acceptors (Lipinski definition) is 3. The van der Waals surface area contributed by atoms with Gasteiger partial charge < -0.3 is 15.9 Å². The van der Waals surface area contributed by atoms with Crippen LogP contribution in [-0.4, -0.2) is 10.2 Å². The van der Waals surface area contributed by atoms with Crippen LogP contribution < -0.4 is 5.73 Å². The molecule has 0 atom stereocenters. The first-order valence-corrected chi connectivity index (χ1v) is 5.84. The van der Waals surface area contributed by atoms with Crippen molar-refractivity contribution in [2.24, 2.45) is 5.73 Å². The van der Waals surface area contributed by atoms with E-state index in [4.69, 9.17) is 5.73 Å². The van der Waals surface area contributed by atoms with E-state index in [2.05, 4.69) is 15.9 Å². The Morgan fingerprint density at radius 3 is 2.40 bits per heavy atom. The van der Waals surface area contributed by atoms with Gasteiger partial charge in [-0.3, -0.25) is 0 Å². The molecule has 15 heavy (non-hydrogen) atoms. The Kier molecular flexibility index (Phi) is 2.64. The average Bonchev–Trinajstić information content (AvgIpc) is 2.60. The lowest BCUT2D eigenvalue weighted by atomic mass is 9.88. The van der Waals surface area contributed by atoms with E-state index in [1.807, 2.05) is 0 Å². The molecular formula is C11H14BrNO2. The average molecular weight is 272 g/mol. The summed E-state index contributed by atoms with van der Waals surface area (Å²) >= 11 is 3.38. The van der Waals surface area contributed by atoms with Gasteiger partial charge in [-0.1, -0.05) is 28.8 Å². The highest BCUT2D eigenvalue weighted by Gasteiger charge is 2.36. The van der Waals surface area contributed by atoms with Crippen molar-refractivity contribution in [2.45, 2.75) is 31.2 Å². The van der Waals surface area contributed by atoms with Crippen LogP contribution in [0.15, 0.2) is 16.6 Å². The largest absolute Gasteiger partial charge is 0.504 e. The fraction of sp³-hybridized carbons (Fsp3) is 0.455. The molecule has 0 aliphatic heterocycles. The van der Waals surface area contributed by atoms with Crippen molar-refractivity contribution in [3.05, 3.63) is 22.2 Å². The number of rotatable bonds is 1. The van der Waals surface area contributed by atoms with Crippen LogP contribution in [0.25, 0.3) is 0 Å². The number of phenols is 2. The van der Waals surface area contributed by atoms with Crippen LogP contribution in [0.4, 0.5) is 0 Å². The van der Waals surface area contributed by atoms with Crippen molar-refractivity contribution < 1.29 is 10.2 Å². The van der Waals surface area contributed by atoms with Crippen LogP contribution >= 0.6 is 15.9 Å². The maximum atomic E-state index is 9.84. The maximum absolute atomic E-state index is 9.84. The summed E-state index contributed by atoms with van der Waals surface area (Å²) in [6, 6.07) is 3.18. The van der Waals surface area contributed by atoms with Crippen molar-refractivity contribution in [2.75, 3.05) is 0 Å². The number of hydrogen-bond donors (Lipinski definition) is 3. The van der Waals surface area contributed by atoms with E-state index in [0.717, 1.165) is 30.2 Å². The van der Waals surface area contributed by atoms with Crippen LogP contribution in [0.2, 0.25) is 0 Å². The number of nitrogens with two attached hydrogens (primary N) is 1. The SMILES string of the molecule is NC1(c2c(Br)ccc(O)c2O)CCCC1. The summed E-state index contributed by atoms with van der Waals surface area (Å²) in [5.74, 6) is -0.196. The molecular weight excluding hydrogens is 258 g/mol. The van der Waals surface area contributed by atoms with E-state index in [9.17, 15) is 10.2 Å². The minimum Gasteiger partial charge on any atom is -0.504 e. The molecule has 0 aromatic heterocycles. The van der Waals surface area contributed by atoms with Gasteiger partial charge in [-0.2, -0.15) is 0 Å². The number of phenolic OH excluding ortho intramolecular Hbond substituents is 2. The third-order valence-corrected chi connectivity index (χ3v) is 3.76. The van der Waals surface area contributed by atoms with Gasteiger partial charge in [0.15, 0.2) is 11.5 Å². The Morgan fingerprint density at radius 2 is 1.80 bits per heavy atom. The summed E-state index contributed by atoms with van der Waals surface area (Å²) in [7, 11) is 0. The topological polar surface area (TPSA) is 66.5 Å². The lowest BCUT2D eigenvalue weighted by Crippen LogP contribution is -2.33. The highest BCUT2D eigenvalue weighted by molar-refractivity contribution is 9.10. The zero-order chi connectivity index (χ0) is 11.1. The number of halogens is 1. The molecule has 3 nitrogen and oxygen atoms in total. The van der Waals surface area contributed by atoms with Gasteiger partial charge in [0, 0.05) is 15.6 Å². The molecule has 1 aliphatic rings. The molecule has 2 rings (SSSR count). The van der Waals surface area contributed by atoms with Crippen molar-refractivity contribution in [3.8, 4) is 11.5 Å². The smallest absolute Gasteiger partial charge is 0.163 e. The zero-order valence-corrected chi connectivity index (χ0v) is 9.92. The Labute approximate surface area is 97.0 Å². The van der Waals surface area contributed by atoms with E-state index in [-0.39, 0.29) is 11.5 Å². The lowest BCUT2D eigenvalue weighted by Gasteiger charge is -2.26. The van der Waals surface area contributed by atoms with Gasteiger partial charge in [-0.25, -0.2) is 0 Å². The molecule has 1 saturated carbocycles. The van der Waals surface area contributed by atoms with Crippen molar-refractivity contribution in [1.82, 2.24) is 0 Å². The molecule has 0 amide bonds. The Hall–Kier alpha value is -0.740. The third kappa shape index (κ3) is 1.72. The van der Waals surface area contributed by atoms with E-state index >= 15 is 0 Å². The first-order chi connectivity index (χ1) is 7.04. The second kappa shape index (κ2) is 3.68. The first-order valence-electron chi connectivity index (χ1n) is 5.04. The van der Waals surface area contributed by atoms with Gasteiger partial charge in [-0.05, 0) is 25.0 Å². The summed E-state index contributed by atoms with van der Waals surface area (Å²) in [5.41, 5.74) is 6.39. The molecule has 82 valence electrons. The monoisotopic (exact) mass is 271 g/mol. The maximum Gasteiger partial charge on any atom is 0.163 e. The normalized spacial score (nSPS) is 19.3. The Bertz CT molecular complexity index is 386. The molecule has 1 aromatic carbocycles. The van der Waals surface area contributed by atoms with Gasteiger partial charge in [-0.15, -0.1) is 0 Å². The lowest BCUT2D eigenvalue weighted by molar-refractivity contribution is 0.372. The predicted octanol–water partition coefficient (Wildman–Crippen LogP) is 2.59. The molecule has 0 spiro atoms. The second-order valence-corrected chi connectivity index (χ2v) is 5.01. The van der Waals surface area contributed by atoms with Gasteiger partial charge in [0.25, 0.3) is 0 Å². The summed E-state index contributed by atoms with van der Waals surface area (Å²) in [6.45, 7) is 0. The summed E-state index contributed by atoms with van der Waals surface area (Å²) in [6.07, 6.45) is 3.83. The van der Waals surface area contributed by atoms with Gasteiger partial charge in [0.05, 0.1) is 0 Å². The number of aromatic hydroxyl groups is 2. The third-order valence-electron chi connectivity index (χ3n) is 3.10. The van der Waals surface area contributed by atoms with Crippen LogP contribution in [0.3, 0.4) is 0 Å². The van der Waals surface area contributed by atoms with Crippen molar-refractivity contribution in [1.29, 1.82) is 0 Å². The highest BCUT2D eigenvalue weighted by atomic mass is 79.9. The quantitative estimate of drug-likeness (QED) is 0.688. The van der Waals surface area contributed by atoms with E-state index < -0.39 is 5.54 Å². The van der Waals surface area contributed by atoms with Gasteiger partial charge in [0.1, 0.15) is 0 Å². The van der Waals surface area contributed by atoms with Crippen LogP contribution in [0.1, 0.15) is 31.2 Å². The van der Waals surface area contributed by atoms with Crippen molar-refractivity contribution in [3.63, 3.8) is 0 Å². The molecule has 0 radical (unpaired) electrons. The highest BCUT2D eigenvalue weighted by Crippen LogP contribution is 2.46. The first kappa shape index (κ1) is 10.8. The fourth-order valence-corrected chi connectivity index (χ4v) is 3.00. The Morgan fingerprint density at radius 1 is 1.20 bits per heavy atom. The van der Waals surface area contributed by atoms with Crippen LogP contribution in [0.5, 0.6) is 11.5 Å². The van der Waals surface area contributed by atoms with E-state index in [0.29, 0.717) is 5.56 Å². The summed E-state index contributed by atoms with van der Waals surface area (Å²) in [4.78, 5) is 0. The van der Waals surface area contributed by atoms with Gasteiger partial charge >= 0.3 is 0 Å². The van der Waals surface area contributed by atoms with Crippen LogP contribution in [-0.2, 0) is 5.54 Å². The standard InChI is InChI=1S/C11H14BrNO2/c12-7-3-4-8(14)10(15)9(7)11(13)5-1-2-6-11/h3-4,14-15H,1-2,5-6,13H2. The molecule has 1 aromatic rings. The number of benzene rings is 1. The Balaban J connectivity index is 2.55. The molecule has 4 N–H and O–H groups in total.